The molecule has 0 saturated carbocycles. The van der Waals surface area contributed by atoms with E-state index in [9.17, 15) is 14.7 Å². The second-order valence-corrected chi connectivity index (χ2v) is 4.96. The summed E-state index contributed by atoms with van der Waals surface area (Å²) in [5.74, 6) is -2.07. The van der Waals surface area contributed by atoms with E-state index >= 15 is 0 Å². The lowest BCUT2D eigenvalue weighted by atomic mass is 9.66. The lowest BCUT2D eigenvalue weighted by Gasteiger charge is -2.39. The van der Waals surface area contributed by atoms with Gasteiger partial charge in [-0.15, -0.1) is 0 Å². The molecular weight excluding hydrogens is 248 g/mol. The van der Waals surface area contributed by atoms with Gasteiger partial charge < -0.3 is 21.7 Å². The van der Waals surface area contributed by atoms with Crippen molar-refractivity contribution in [1.29, 1.82) is 0 Å². The van der Waals surface area contributed by atoms with Gasteiger partial charge in [-0.05, 0) is 31.7 Å². The standard InChI is InChI=1S/C13H26N2O4/c1-3-9(10(15)5-6-11(16)17)13(4-2,7-8-14)12(18)19/h9-10H,3-8,14-15H2,1-2H3,(H,16,17)(H,18,19). The number of carbonyl (C=O) groups is 2. The smallest absolute Gasteiger partial charge is 0.310 e. The average molecular weight is 274 g/mol. The summed E-state index contributed by atoms with van der Waals surface area (Å²) in [4.78, 5) is 22.3. The van der Waals surface area contributed by atoms with E-state index in [-0.39, 0.29) is 25.3 Å². The van der Waals surface area contributed by atoms with E-state index in [1.807, 2.05) is 13.8 Å². The van der Waals surface area contributed by atoms with E-state index in [0.717, 1.165) is 0 Å². The molecule has 0 saturated heterocycles. The minimum Gasteiger partial charge on any atom is -0.481 e. The molecule has 0 aliphatic heterocycles. The van der Waals surface area contributed by atoms with Crippen molar-refractivity contribution in [2.24, 2.45) is 22.8 Å². The van der Waals surface area contributed by atoms with Crippen LogP contribution in [0.5, 0.6) is 0 Å². The molecule has 0 amide bonds. The van der Waals surface area contributed by atoms with Crippen molar-refractivity contribution in [3.05, 3.63) is 0 Å². The Hall–Kier alpha value is -1.14. The Morgan fingerprint density at radius 2 is 1.84 bits per heavy atom. The molecule has 0 radical (unpaired) electrons. The quantitative estimate of drug-likeness (QED) is 0.471. The summed E-state index contributed by atoms with van der Waals surface area (Å²) in [7, 11) is 0. The Bertz CT molecular complexity index is 309. The van der Waals surface area contributed by atoms with E-state index in [4.69, 9.17) is 16.6 Å². The summed E-state index contributed by atoms with van der Waals surface area (Å²) in [5.41, 5.74) is 10.6. The third kappa shape index (κ3) is 4.47. The van der Waals surface area contributed by atoms with Crippen molar-refractivity contribution < 1.29 is 19.8 Å². The van der Waals surface area contributed by atoms with Crippen LogP contribution in [0.4, 0.5) is 0 Å². The minimum atomic E-state index is -0.957. The Kier molecular flexibility index (Phi) is 7.63. The summed E-state index contributed by atoms with van der Waals surface area (Å²) in [6, 6.07) is -0.441. The first-order valence-electron chi connectivity index (χ1n) is 6.76. The van der Waals surface area contributed by atoms with Crippen LogP contribution in [0.15, 0.2) is 0 Å². The zero-order valence-electron chi connectivity index (χ0n) is 11.8. The van der Waals surface area contributed by atoms with Gasteiger partial charge in [0.1, 0.15) is 0 Å². The van der Waals surface area contributed by atoms with Crippen molar-refractivity contribution in [3.63, 3.8) is 0 Å². The van der Waals surface area contributed by atoms with Crippen LogP contribution in [0.3, 0.4) is 0 Å². The number of aliphatic carboxylic acids is 2. The Morgan fingerprint density at radius 3 is 2.16 bits per heavy atom. The van der Waals surface area contributed by atoms with Crippen molar-refractivity contribution in [2.45, 2.75) is 52.0 Å². The molecule has 6 nitrogen and oxygen atoms in total. The van der Waals surface area contributed by atoms with Gasteiger partial charge in [-0.1, -0.05) is 20.3 Å². The molecule has 3 unspecified atom stereocenters. The minimum absolute atomic E-state index is 0.0420. The molecular formula is C13H26N2O4. The van der Waals surface area contributed by atoms with Gasteiger partial charge in [-0.2, -0.15) is 0 Å². The Morgan fingerprint density at radius 1 is 1.26 bits per heavy atom. The molecule has 6 heteroatoms. The summed E-state index contributed by atoms with van der Waals surface area (Å²) in [6.45, 7) is 3.98. The van der Waals surface area contributed by atoms with Gasteiger partial charge in [0.05, 0.1) is 5.41 Å². The van der Waals surface area contributed by atoms with Crippen molar-refractivity contribution in [1.82, 2.24) is 0 Å². The second kappa shape index (κ2) is 8.12. The fourth-order valence-electron chi connectivity index (χ4n) is 2.89. The van der Waals surface area contributed by atoms with Crippen molar-refractivity contribution in [2.75, 3.05) is 6.54 Å². The van der Waals surface area contributed by atoms with Gasteiger partial charge in [0, 0.05) is 12.5 Å². The number of nitrogens with two attached hydrogens (primary N) is 2. The molecule has 0 rings (SSSR count). The SMILES string of the molecule is CCC(C(N)CCC(=O)O)C(CC)(CCN)C(=O)O. The van der Waals surface area contributed by atoms with Crippen LogP contribution < -0.4 is 11.5 Å². The summed E-state index contributed by atoms with van der Waals surface area (Å²) >= 11 is 0. The lowest BCUT2D eigenvalue weighted by Crippen LogP contribution is -2.48. The average Bonchev–Trinajstić information content (AvgIpc) is 2.35. The second-order valence-electron chi connectivity index (χ2n) is 4.96. The van der Waals surface area contributed by atoms with Crippen LogP contribution in [0, 0.1) is 11.3 Å². The van der Waals surface area contributed by atoms with Gasteiger partial charge in [0.15, 0.2) is 0 Å². The highest BCUT2D eigenvalue weighted by Gasteiger charge is 2.45. The molecule has 3 atom stereocenters. The maximum atomic E-state index is 11.7. The molecule has 6 N–H and O–H groups in total. The molecule has 0 aromatic rings. The highest BCUT2D eigenvalue weighted by molar-refractivity contribution is 5.75. The number of rotatable bonds is 10. The van der Waals surface area contributed by atoms with E-state index in [1.54, 1.807) is 0 Å². The Balaban J connectivity index is 5.11. The van der Waals surface area contributed by atoms with E-state index in [1.165, 1.54) is 0 Å². The van der Waals surface area contributed by atoms with Gasteiger partial charge in [-0.25, -0.2) is 0 Å². The molecule has 0 spiro atoms. The molecule has 0 bridgehead atoms. The largest absolute Gasteiger partial charge is 0.481 e. The van der Waals surface area contributed by atoms with E-state index in [2.05, 4.69) is 0 Å². The van der Waals surface area contributed by atoms with Crippen LogP contribution in [0.1, 0.15) is 46.0 Å². The third-order valence-corrected chi connectivity index (χ3v) is 4.01. The summed E-state index contributed by atoms with van der Waals surface area (Å²) in [6.07, 6.45) is 1.64. The maximum absolute atomic E-state index is 11.7. The number of hydrogen-bond acceptors (Lipinski definition) is 4. The first kappa shape index (κ1) is 17.9. The normalized spacial score (nSPS) is 17.5. The predicted octanol–water partition coefficient (Wildman–Crippen LogP) is 1.03. The van der Waals surface area contributed by atoms with Crippen LogP contribution in [-0.2, 0) is 9.59 Å². The molecule has 19 heavy (non-hydrogen) atoms. The zero-order chi connectivity index (χ0) is 15.1. The lowest BCUT2D eigenvalue weighted by molar-refractivity contribution is -0.154. The van der Waals surface area contributed by atoms with Crippen LogP contribution in [0.2, 0.25) is 0 Å². The molecule has 0 aromatic carbocycles. The monoisotopic (exact) mass is 274 g/mol. The van der Waals surface area contributed by atoms with Gasteiger partial charge in [0.2, 0.25) is 0 Å². The highest BCUT2D eigenvalue weighted by Crippen LogP contribution is 2.40. The zero-order valence-corrected chi connectivity index (χ0v) is 11.8. The fraction of sp³-hybridized carbons (Fsp3) is 0.846. The predicted molar refractivity (Wildman–Crippen MR) is 72.7 cm³/mol. The Labute approximate surface area is 114 Å². The van der Waals surface area contributed by atoms with Crippen LogP contribution in [-0.4, -0.2) is 34.7 Å². The van der Waals surface area contributed by atoms with Gasteiger partial charge >= 0.3 is 11.9 Å². The first-order valence-corrected chi connectivity index (χ1v) is 6.76. The molecule has 0 aromatic heterocycles. The first-order chi connectivity index (χ1) is 8.85. The van der Waals surface area contributed by atoms with E-state index in [0.29, 0.717) is 19.3 Å². The maximum Gasteiger partial charge on any atom is 0.310 e. The number of hydrogen-bond donors (Lipinski definition) is 4. The topological polar surface area (TPSA) is 127 Å². The molecule has 0 aliphatic rings. The van der Waals surface area contributed by atoms with Crippen LogP contribution >= 0.6 is 0 Å². The fourth-order valence-corrected chi connectivity index (χ4v) is 2.89. The molecule has 0 aliphatic carbocycles. The summed E-state index contributed by atoms with van der Waals surface area (Å²) in [5, 5.41) is 18.3. The van der Waals surface area contributed by atoms with E-state index < -0.39 is 23.4 Å². The third-order valence-electron chi connectivity index (χ3n) is 4.01. The highest BCUT2D eigenvalue weighted by atomic mass is 16.4. The van der Waals surface area contributed by atoms with Gasteiger partial charge in [0.25, 0.3) is 0 Å². The molecule has 112 valence electrons. The molecule has 0 fully saturated rings. The van der Waals surface area contributed by atoms with Crippen LogP contribution in [0.25, 0.3) is 0 Å². The number of carboxylic acid groups (broad SMARTS) is 2. The van der Waals surface area contributed by atoms with Crippen molar-refractivity contribution in [3.8, 4) is 0 Å². The van der Waals surface area contributed by atoms with Gasteiger partial charge in [-0.3, -0.25) is 9.59 Å². The van der Waals surface area contributed by atoms with Crippen molar-refractivity contribution >= 4 is 11.9 Å². The summed E-state index contributed by atoms with van der Waals surface area (Å²) < 4.78 is 0. The number of carboxylic acids is 2. The molecule has 0 heterocycles.